The molecule has 0 N–H and O–H groups in total. The molecule has 0 aliphatic heterocycles. The molecule has 0 unspecified atom stereocenters. The maximum absolute atomic E-state index is 11.2. The quantitative estimate of drug-likeness (QED) is 0.168. The van der Waals surface area contributed by atoms with E-state index in [0.29, 0.717) is 17.2 Å². The van der Waals surface area contributed by atoms with Gasteiger partial charge in [-0.1, -0.05) is 164 Å². The van der Waals surface area contributed by atoms with Crippen LogP contribution in [0.2, 0.25) is 0 Å². The first-order valence-electron chi connectivity index (χ1n) is 21.9. The summed E-state index contributed by atoms with van der Waals surface area (Å²) in [5.74, 6) is 0.716. The highest BCUT2D eigenvalue weighted by Crippen LogP contribution is 2.43. The molecule has 6 heteroatoms. The topological polar surface area (TPSA) is 72.3 Å². The van der Waals surface area contributed by atoms with Gasteiger partial charge in [-0.15, -0.1) is 0 Å². The minimum absolute atomic E-state index is 0.0215. The maximum Gasteiger partial charge on any atom is 0.164 e. The molecule has 0 radical (unpaired) electrons. The van der Waals surface area contributed by atoms with E-state index in [1.54, 1.807) is 0 Å². The molecule has 0 spiro atoms. The van der Waals surface area contributed by atoms with Gasteiger partial charge in [-0.3, -0.25) is 0 Å². The van der Waals surface area contributed by atoms with E-state index in [2.05, 4.69) is 71.3 Å². The van der Waals surface area contributed by atoms with Crippen molar-refractivity contribution in [2.75, 3.05) is 0 Å². The van der Waals surface area contributed by atoms with Crippen molar-refractivity contribution in [2.24, 2.45) is 0 Å². The molecule has 0 bridgehead atoms. The van der Waals surface area contributed by atoms with Crippen molar-refractivity contribution in [2.45, 2.75) is 0 Å². The summed E-state index contributed by atoms with van der Waals surface area (Å²) in [5, 5.41) is 17.2. The molecule has 9 aromatic carbocycles. The van der Waals surface area contributed by atoms with Gasteiger partial charge in [0.15, 0.2) is 17.5 Å². The monoisotopic (exact) mass is 793 g/mol. The molecule has 62 heavy (non-hydrogen) atoms. The number of benzene rings is 9. The fraction of sp³-hybridized carbons (Fsp3) is 0. The van der Waals surface area contributed by atoms with E-state index in [1.807, 2.05) is 132 Å². The standard InChI is InChI=1S/C56H34N6/c57-35-40-34-39(55-58-54(38-19-5-2-6-20-38)59-56(60-55)45-25-10-9-22-41(45)36-16-3-1-4-17-36)30-32-47(40)62-49-27-13-11-24-43(49)44-31-33-51-52(53(44)62)46-26-12-14-28-50(46)61(51)48-29-15-21-37-18-7-8-23-42(37)48/h1-34H/i30D,32D,34D. The van der Waals surface area contributed by atoms with Crippen molar-refractivity contribution in [3.8, 4) is 62.7 Å². The average molecular weight is 794 g/mol. The SMILES string of the molecule is [2H]c1c([2H])c(-n2c3ccccc3c3ccc4c(c5ccccc5n4-c4cccc5ccccc45)c32)c(C#N)c([2H])c1-c1nc(-c2ccccc2)nc(-c2ccccc2-c2ccccc2)n1. The predicted molar refractivity (Wildman–Crippen MR) is 252 cm³/mol. The Bertz CT molecular complexity index is 3940. The van der Waals surface area contributed by atoms with Crippen molar-refractivity contribution < 1.29 is 4.11 Å². The van der Waals surface area contributed by atoms with E-state index < -0.39 is 0 Å². The summed E-state index contributed by atoms with van der Waals surface area (Å²) in [4.78, 5) is 14.8. The molecule has 12 rings (SSSR count). The lowest BCUT2D eigenvalue weighted by atomic mass is 9.99. The van der Waals surface area contributed by atoms with Crippen LogP contribution in [0, 0.1) is 11.3 Å². The first kappa shape index (κ1) is 32.2. The zero-order chi connectivity index (χ0) is 43.8. The molecule has 288 valence electrons. The second-order valence-electron chi connectivity index (χ2n) is 15.2. The Morgan fingerprint density at radius 3 is 1.79 bits per heavy atom. The third-order valence-electron chi connectivity index (χ3n) is 11.7. The molecule has 3 heterocycles. The fourth-order valence-electron chi connectivity index (χ4n) is 9.04. The molecular formula is C56H34N6. The van der Waals surface area contributed by atoms with Crippen molar-refractivity contribution in [1.82, 2.24) is 24.1 Å². The Kier molecular flexibility index (Phi) is 7.41. The minimum atomic E-state index is -0.271. The number of hydrogen-bond donors (Lipinski definition) is 0. The molecular weight excluding hydrogens is 757 g/mol. The van der Waals surface area contributed by atoms with Gasteiger partial charge >= 0.3 is 0 Å². The maximum atomic E-state index is 11.2. The highest BCUT2D eigenvalue weighted by Gasteiger charge is 2.23. The van der Waals surface area contributed by atoms with Crippen LogP contribution < -0.4 is 0 Å². The molecule has 0 saturated heterocycles. The highest BCUT2D eigenvalue weighted by atomic mass is 15.0. The van der Waals surface area contributed by atoms with Gasteiger partial charge < -0.3 is 9.13 Å². The first-order valence-corrected chi connectivity index (χ1v) is 20.4. The highest BCUT2D eigenvalue weighted by molar-refractivity contribution is 6.26. The van der Waals surface area contributed by atoms with Crippen LogP contribution in [0.15, 0.2) is 206 Å². The normalized spacial score (nSPS) is 12.2. The van der Waals surface area contributed by atoms with Crippen molar-refractivity contribution >= 4 is 54.4 Å². The Labute approximate surface area is 361 Å². The summed E-state index contributed by atoms with van der Waals surface area (Å²) in [6, 6.07) is 64.1. The van der Waals surface area contributed by atoms with Crippen LogP contribution in [0.3, 0.4) is 0 Å². The van der Waals surface area contributed by atoms with E-state index in [9.17, 15) is 9.37 Å². The molecule has 0 atom stereocenters. The van der Waals surface area contributed by atoms with E-state index in [0.717, 1.165) is 76.8 Å². The lowest BCUT2D eigenvalue weighted by molar-refractivity contribution is 1.07. The second-order valence-corrected chi connectivity index (χ2v) is 15.2. The van der Waals surface area contributed by atoms with Gasteiger partial charge in [0.05, 0.1) is 43.1 Å². The Morgan fingerprint density at radius 2 is 1.02 bits per heavy atom. The Balaban J connectivity index is 1.15. The van der Waals surface area contributed by atoms with Gasteiger partial charge in [-0.2, -0.15) is 5.26 Å². The van der Waals surface area contributed by atoms with Crippen LogP contribution >= 0.6 is 0 Å². The van der Waals surface area contributed by atoms with Crippen molar-refractivity contribution in [1.29, 1.82) is 5.26 Å². The van der Waals surface area contributed by atoms with Gasteiger partial charge in [0.2, 0.25) is 0 Å². The van der Waals surface area contributed by atoms with Gasteiger partial charge in [0, 0.05) is 43.6 Å². The smallest absolute Gasteiger partial charge is 0.164 e. The van der Waals surface area contributed by atoms with Crippen molar-refractivity contribution in [3.05, 3.63) is 212 Å². The lowest BCUT2D eigenvalue weighted by Crippen LogP contribution is -2.02. The third-order valence-corrected chi connectivity index (χ3v) is 11.7. The molecule has 0 aliphatic rings. The van der Waals surface area contributed by atoms with Gasteiger partial charge in [-0.05, 0) is 58.9 Å². The largest absolute Gasteiger partial charge is 0.309 e. The summed E-state index contributed by atoms with van der Waals surface area (Å²) in [5.41, 5.74) is 7.89. The molecule has 6 nitrogen and oxygen atoms in total. The molecule has 0 amide bonds. The number of nitriles is 1. The number of fused-ring (bicyclic) bond motifs is 8. The molecule has 12 aromatic rings. The van der Waals surface area contributed by atoms with Gasteiger partial charge in [0.1, 0.15) is 6.07 Å². The first-order chi connectivity index (χ1) is 32.0. The summed E-state index contributed by atoms with van der Waals surface area (Å²) < 4.78 is 33.8. The van der Waals surface area contributed by atoms with Crippen LogP contribution in [0.1, 0.15) is 9.68 Å². The van der Waals surface area contributed by atoms with Crippen LogP contribution in [-0.2, 0) is 0 Å². The lowest BCUT2D eigenvalue weighted by Gasteiger charge is -2.14. The third kappa shape index (κ3) is 5.53. The van der Waals surface area contributed by atoms with Crippen molar-refractivity contribution in [3.63, 3.8) is 0 Å². The number of nitrogens with zero attached hydrogens (tertiary/aromatic N) is 6. The van der Waals surface area contributed by atoms with Gasteiger partial charge in [-0.25, -0.2) is 15.0 Å². The van der Waals surface area contributed by atoms with Crippen LogP contribution in [0.4, 0.5) is 0 Å². The number of para-hydroxylation sites is 2. The van der Waals surface area contributed by atoms with Crippen LogP contribution in [0.25, 0.3) is 111 Å². The summed E-state index contributed by atoms with van der Waals surface area (Å²) in [7, 11) is 0. The molecule has 3 aromatic heterocycles. The minimum Gasteiger partial charge on any atom is -0.309 e. The number of aromatic nitrogens is 5. The van der Waals surface area contributed by atoms with E-state index in [-0.39, 0.29) is 40.8 Å². The fourth-order valence-corrected chi connectivity index (χ4v) is 9.04. The van der Waals surface area contributed by atoms with E-state index in [4.69, 9.17) is 15.0 Å². The second kappa shape index (κ2) is 14.3. The molecule has 0 aliphatic carbocycles. The number of hydrogen-bond acceptors (Lipinski definition) is 4. The van der Waals surface area contributed by atoms with Gasteiger partial charge in [0.25, 0.3) is 0 Å². The summed E-state index contributed by atoms with van der Waals surface area (Å²) in [6.07, 6.45) is 0. The summed E-state index contributed by atoms with van der Waals surface area (Å²) >= 11 is 0. The average Bonchev–Trinajstić information content (AvgIpc) is 3.88. The predicted octanol–water partition coefficient (Wildman–Crippen LogP) is 13.8. The summed E-state index contributed by atoms with van der Waals surface area (Å²) in [6.45, 7) is 0. The Hall–Kier alpha value is -8.66. The van der Waals surface area contributed by atoms with E-state index >= 15 is 0 Å². The van der Waals surface area contributed by atoms with Crippen LogP contribution in [0.5, 0.6) is 0 Å². The van der Waals surface area contributed by atoms with E-state index in [1.165, 1.54) is 0 Å². The molecule has 0 saturated carbocycles. The van der Waals surface area contributed by atoms with Crippen LogP contribution in [-0.4, -0.2) is 24.1 Å². The zero-order valence-corrected chi connectivity index (χ0v) is 33.1. The number of rotatable bonds is 6. The Morgan fingerprint density at radius 1 is 0.419 bits per heavy atom. The zero-order valence-electron chi connectivity index (χ0n) is 36.1. The molecule has 0 fully saturated rings.